The predicted molar refractivity (Wildman–Crippen MR) is 94.6 cm³/mol. The van der Waals surface area contributed by atoms with Crippen LogP contribution in [-0.4, -0.2) is 4.98 Å². The summed E-state index contributed by atoms with van der Waals surface area (Å²) in [5, 5.41) is 5.53. The van der Waals surface area contributed by atoms with Crippen molar-refractivity contribution in [2.24, 2.45) is 5.92 Å². The fraction of sp³-hybridized carbons (Fsp3) is 0.286. The second-order valence-corrected chi connectivity index (χ2v) is 7.05. The van der Waals surface area contributed by atoms with E-state index in [-0.39, 0.29) is 11.9 Å². The van der Waals surface area contributed by atoms with E-state index in [1.165, 1.54) is 36.5 Å². The molecule has 0 amide bonds. The highest BCUT2D eigenvalue weighted by atomic mass is 19.1. The highest BCUT2D eigenvalue weighted by molar-refractivity contribution is 5.91. The lowest BCUT2D eigenvalue weighted by Crippen LogP contribution is -2.24. The summed E-state index contributed by atoms with van der Waals surface area (Å²) in [6.45, 7) is 0. The van der Waals surface area contributed by atoms with Gasteiger partial charge in [0, 0.05) is 11.6 Å². The van der Waals surface area contributed by atoms with Crippen LogP contribution in [0.5, 0.6) is 0 Å². The number of aromatic nitrogens is 1. The van der Waals surface area contributed by atoms with Crippen LogP contribution in [0.1, 0.15) is 42.3 Å². The molecule has 120 valence electrons. The Kier molecular flexibility index (Phi) is 3.09. The van der Waals surface area contributed by atoms with Gasteiger partial charge in [0.15, 0.2) is 0 Å². The molecule has 1 saturated carbocycles. The minimum Gasteiger partial charge on any atom is -0.362 e. The van der Waals surface area contributed by atoms with Gasteiger partial charge in [-0.25, -0.2) is 9.37 Å². The minimum atomic E-state index is -0.219. The van der Waals surface area contributed by atoms with E-state index in [9.17, 15) is 4.39 Å². The predicted octanol–water partition coefficient (Wildman–Crippen LogP) is 5.42. The van der Waals surface area contributed by atoms with Gasteiger partial charge in [0.1, 0.15) is 11.6 Å². The Hall–Kier alpha value is -2.42. The lowest BCUT2D eigenvalue weighted by atomic mass is 9.79. The molecule has 0 saturated heterocycles. The van der Waals surface area contributed by atoms with Crippen LogP contribution >= 0.6 is 0 Å². The smallest absolute Gasteiger partial charge is 0.134 e. The van der Waals surface area contributed by atoms with Gasteiger partial charge in [-0.15, -0.1) is 0 Å². The SMILES string of the molecule is Fc1ccc2ccnc(NC3c4ccccc4C4CCC3C4)c2c1. The summed E-state index contributed by atoms with van der Waals surface area (Å²) in [7, 11) is 0. The number of nitrogens with zero attached hydrogens (tertiary/aromatic N) is 1. The molecule has 3 aromatic rings. The maximum atomic E-state index is 13.7. The third kappa shape index (κ3) is 2.11. The van der Waals surface area contributed by atoms with Crippen molar-refractivity contribution in [1.29, 1.82) is 0 Å². The summed E-state index contributed by atoms with van der Waals surface area (Å²) in [6.07, 6.45) is 5.57. The van der Waals surface area contributed by atoms with Crippen LogP contribution in [0.15, 0.2) is 54.7 Å². The molecule has 2 aliphatic carbocycles. The zero-order valence-electron chi connectivity index (χ0n) is 13.4. The van der Waals surface area contributed by atoms with Gasteiger partial charge in [-0.05, 0) is 65.8 Å². The van der Waals surface area contributed by atoms with Gasteiger partial charge in [0.05, 0.1) is 6.04 Å². The van der Waals surface area contributed by atoms with Crippen molar-refractivity contribution in [2.75, 3.05) is 5.32 Å². The molecule has 3 atom stereocenters. The Morgan fingerprint density at radius 3 is 2.79 bits per heavy atom. The Bertz CT molecular complexity index is 921. The number of hydrogen-bond donors (Lipinski definition) is 1. The van der Waals surface area contributed by atoms with Crippen molar-refractivity contribution >= 4 is 16.6 Å². The number of rotatable bonds is 2. The minimum absolute atomic E-state index is 0.219. The van der Waals surface area contributed by atoms with Gasteiger partial charge >= 0.3 is 0 Å². The van der Waals surface area contributed by atoms with E-state index in [2.05, 4.69) is 34.6 Å². The maximum Gasteiger partial charge on any atom is 0.134 e. The number of hydrogen-bond acceptors (Lipinski definition) is 2. The molecular weight excluding hydrogens is 299 g/mol. The van der Waals surface area contributed by atoms with Gasteiger partial charge in [-0.1, -0.05) is 30.3 Å². The molecule has 1 aromatic heterocycles. The first-order valence-electron chi connectivity index (χ1n) is 8.69. The summed E-state index contributed by atoms with van der Waals surface area (Å²) in [5.41, 5.74) is 2.88. The number of nitrogens with one attached hydrogen (secondary N) is 1. The van der Waals surface area contributed by atoms with Gasteiger partial charge in [0.2, 0.25) is 0 Å². The van der Waals surface area contributed by atoms with Crippen LogP contribution in [0, 0.1) is 11.7 Å². The van der Waals surface area contributed by atoms with Crippen molar-refractivity contribution in [2.45, 2.75) is 31.2 Å². The molecule has 1 heterocycles. The van der Waals surface area contributed by atoms with E-state index in [1.807, 2.05) is 12.1 Å². The van der Waals surface area contributed by atoms with E-state index in [1.54, 1.807) is 12.3 Å². The summed E-state index contributed by atoms with van der Waals surface area (Å²) >= 11 is 0. The number of fused-ring (bicyclic) bond motifs is 5. The van der Waals surface area contributed by atoms with E-state index in [0.717, 1.165) is 16.6 Å². The number of benzene rings is 2. The molecule has 2 aliphatic rings. The van der Waals surface area contributed by atoms with Crippen LogP contribution in [-0.2, 0) is 0 Å². The molecule has 1 N–H and O–H groups in total. The zero-order chi connectivity index (χ0) is 16.1. The van der Waals surface area contributed by atoms with E-state index < -0.39 is 0 Å². The third-order valence-electron chi connectivity index (χ3n) is 5.74. The third-order valence-corrected chi connectivity index (χ3v) is 5.74. The summed E-state index contributed by atoms with van der Waals surface area (Å²) in [4.78, 5) is 4.52. The second kappa shape index (κ2) is 5.30. The van der Waals surface area contributed by atoms with Crippen molar-refractivity contribution in [3.05, 3.63) is 71.7 Å². The summed E-state index contributed by atoms with van der Waals surface area (Å²) in [6, 6.07) is 15.9. The molecule has 0 aliphatic heterocycles. The van der Waals surface area contributed by atoms with Gasteiger partial charge in [-0.2, -0.15) is 0 Å². The van der Waals surface area contributed by atoms with Crippen LogP contribution in [0.25, 0.3) is 10.8 Å². The van der Waals surface area contributed by atoms with Crippen molar-refractivity contribution < 1.29 is 4.39 Å². The van der Waals surface area contributed by atoms with E-state index >= 15 is 0 Å². The molecule has 0 spiro atoms. The first-order chi connectivity index (χ1) is 11.8. The van der Waals surface area contributed by atoms with Crippen LogP contribution in [0.3, 0.4) is 0 Å². The fourth-order valence-corrected chi connectivity index (χ4v) is 4.62. The molecular formula is C21H19FN2. The van der Waals surface area contributed by atoms with Crippen molar-refractivity contribution in [3.8, 4) is 0 Å². The standard InChI is InChI=1S/C21H19FN2/c22-16-8-7-13-9-10-23-21(19(13)12-16)24-20-15-6-5-14(11-15)17-3-1-2-4-18(17)20/h1-4,7-10,12,14-15,20H,5-6,11H2,(H,23,24). The number of pyridine rings is 1. The average molecular weight is 318 g/mol. The lowest BCUT2D eigenvalue weighted by molar-refractivity contribution is 0.440. The van der Waals surface area contributed by atoms with Gasteiger partial charge in [0.25, 0.3) is 0 Å². The Labute approximate surface area is 140 Å². The lowest BCUT2D eigenvalue weighted by Gasteiger charge is -2.33. The average Bonchev–Trinajstić information content (AvgIpc) is 3.04. The molecule has 2 aromatic carbocycles. The fourth-order valence-electron chi connectivity index (χ4n) is 4.62. The monoisotopic (exact) mass is 318 g/mol. The Morgan fingerprint density at radius 1 is 1.00 bits per heavy atom. The van der Waals surface area contributed by atoms with Crippen LogP contribution in [0.2, 0.25) is 0 Å². The molecule has 2 bridgehead atoms. The topological polar surface area (TPSA) is 24.9 Å². The maximum absolute atomic E-state index is 13.7. The molecule has 5 rings (SSSR count). The normalized spacial score (nSPS) is 24.8. The van der Waals surface area contributed by atoms with E-state index in [0.29, 0.717) is 11.8 Å². The Morgan fingerprint density at radius 2 is 1.88 bits per heavy atom. The quantitative estimate of drug-likeness (QED) is 0.682. The molecule has 2 nitrogen and oxygen atoms in total. The highest BCUT2D eigenvalue weighted by Gasteiger charge is 2.39. The van der Waals surface area contributed by atoms with Gasteiger partial charge < -0.3 is 5.32 Å². The Balaban J connectivity index is 1.60. The largest absolute Gasteiger partial charge is 0.362 e. The first kappa shape index (κ1) is 14.0. The van der Waals surface area contributed by atoms with E-state index in [4.69, 9.17) is 0 Å². The number of halogens is 1. The molecule has 24 heavy (non-hydrogen) atoms. The zero-order valence-corrected chi connectivity index (χ0v) is 13.4. The summed E-state index contributed by atoms with van der Waals surface area (Å²) in [5.74, 6) is 1.92. The molecule has 3 unspecified atom stereocenters. The molecule has 0 radical (unpaired) electrons. The first-order valence-corrected chi connectivity index (χ1v) is 8.69. The highest BCUT2D eigenvalue weighted by Crippen LogP contribution is 2.52. The second-order valence-electron chi connectivity index (χ2n) is 7.05. The van der Waals surface area contributed by atoms with Gasteiger partial charge in [-0.3, -0.25) is 0 Å². The van der Waals surface area contributed by atoms with Crippen molar-refractivity contribution in [3.63, 3.8) is 0 Å². The van der Waals surface area contributed by atoms with Crippen LogP contribution < -0.4 is 5.32 Å². The summed E-state index contributed by atoms with van der Waals surface area (Å²) < 4.78 is 13.7. The van der Waals surface area contributed by atoms with Crippen LogP contribution in [0.4, 0.5) is 10.2 Å². The number of anilines is 1. The molecule has 1 fully saturated rings. The molecule has 3 heteroatoms. The van der Waals surface area contributed by atoms with Crippen molar-refractivity contribution in [1.82, 2.24) is 4.98 Å².